The first-order chi connectivity index (χ1) is 10.8. The third-order valence-electron chi connectivity index (χ3n) is 4.45. The third-order valence-corrected chi connectivity index (χ3v) is 4.45. The number of carbonyl (C=O) groups excluding carboxylic acids is 1. The molecule has 0 aliphatic carbocycles. The summed E-state index contributed by atoms with van der Waals surface area (Å²) in [5.74, 6) is -0.221. The topological polar surface area (TPSA) is 23.6 Å². The van der Waals surface area contributed by atoms with Crippen molar-refractivity contribution in [3.63, 3.8) is 0 Å². The third kappa shape index (κ3) is 4.70. The lowest BCUT2D eigenvalue weighted by Gasteiger charge is -2.24. The van der Waals surface area contributed by atoms with Crippen LogP contribution in [0, 0.1) is 0 Å². The second-order valence-electron chi connectivity index (χ2n) is 6.26. The van der Waals surface area contributed by atoms with Gasteiger partial charge >= 0.3 is 6.18 Å². The van der Waals surface area contributed by atoms with Crippen LogP contribution < -0.4 is 0 Å². The first kappa shape index (κ1) is 17.8. The Morgan fingerprint density at radius 1 is 1.22 bits per heavy atom. The molecule has 0 N–H and O–H groups in total. The van der Waals surface area contributed by atoms with Crippen LogP contribution in [0.3, 0.4) is 0 Å². The van der Waals surface area contributed by atoms with Crippen LogP contribution in [0.25, 0.3) is 0 Å². The van der Waals surface area contributed by atoms with Crippen molar-refractivity contribution in [2.24, 2.45) is 0 Å². The van der Waals surface area contributed by atoms with E-state index in [1.807, 2.05) is 14.1 Å². The van der Waals surface area contributed by atoms with Crippen molar-refractivity contribution in [1.82, 2.24) is 9.80 Å². The van der Waals surface area contributed by atoms with Gasteiger partial charge in [0.15, 0.2) is 0 Å². The van der Waals surface area contributed by atoms with E-state index in [4.69, 9.17) is 0 Å². The number of alkyl halides is 3. The maximum atomic E-state index is 13.0. The first-order valence-electron chi connectivity index (χ1n) is 7.88. The van der Waals surface area contributed by atoms with Gasteiger partial charge in [0, 0.05) is 19.1 Å². The van der Waals surface area contributed by atoms with Crippen LogP contribution >= 0.6 is 0 Å². The Hall–Kier alpha value is -1.56. The summed E-state index contributed by atoms with van der Waals surface area (Å²) in [6, 6.07) is 5.75. The zero-order valence-electron chi connectivity index (χ0n) is 13.6. The Kier molecular flexibility index (Phi) is 5.68. The molecule has 0 bridgehead atoms. The van der Waals surface area contributed by atoms with Crippen LogP contribution in [0.5, 0.6) is 0 Å². The summed E-state index contributed by atoms with van der Waals surface area (Å²) in [4.78, 5) is 16.3. The molecule has 0 spiro atoms. The molecule has 128 valence electrons. The summed E-state index contributed by atoms with van der Waals surface area (Å²) in [7, 11) is 4.03. The summed E-state index contributed by atoms with van der Waals surface area (Å²) in [5, 5.41) is 0. The predicted molar refractivity (Wildman–Crippen MR) is 83.1 cm³/mol. The molecule has 1 fully saturated rings. The van der Waals surface area contributed by atoms with Gasteiger partial charge in [-0.15, -0.1) is 0 Å². The molecule has 0 radical (unpaired) electrons. The number of hydrogen-bond acceptors (Lipinski definition) is 2. The highest BCUT2D eigenvalue weighted by molar-refractivity contribution is 5.79. The molecule has 1 aliphatic rings. The summed E-state index contributed by atoms with van der Waals surface area (Å²) in [6.45, 7) is 1.23. The number of nitrogens with zero attached hydrogens (tertiary/aromatic N) is 2. The van der Waals surface area contributed by atoms with E-state index >= 15 is 0 Å². The second kappa shape index (κ2) is 7.34. The minimum Gasteiger partial charge on any atom is -0.342 e. The molecule has 6 heteroatoms. The average Bonchev–Trinajstić information content (AvgIpc) is 2.72. The van der Waals surface area contributed by atoms with E-state index in [-0.39, 0.29) is 17.9 Å². The molecule has 1 amide bonds. The van der Waals surface area contributed by atoms with Crippen molar-refractivity contribution in [2.75, 3.05) is 27.2 Å². The molecule has 2 rings (SSSR count). The summed E-state index contributed by atoms with van der Waals surface area (Å²) in [5.41, 5.74) is -0.659. The fraction of sp³-hybridized carbons (Fsp3) is 0.588. The van der Waals surface area contributed by atoms with Crippen LogP contribution in [0.1, 0.15) is 30.4 Å². The quantitative estimate of drug-likeness (QED) is 0.851. The summed E-state index contributed by atoms with van der Waals surface area (Å²) >= 11 is 0. The van der Waals surface area contributed by atoms with Gasteiger partial charge in [-0.3, -0.25) is 4.79 Å². The Bertz CT molecular complexity index is 543. The van der Waals surface area contributed by atoms with Crippen LogP contribution in [0.4, 0.5) is 13.2 Å². The zero-order valence-corrected chi connectivity index (χ0v) is 13.6. The van der Waals surface area contributed by atoms with E-state index in [0.29, 0.717) is 19.1 Å². The Morgan fingerprint density at radius 3 is 2.57 bits per heavy atom. The van der Waals surface area contributed by atoms with E-state index < -0.39 is 11.7 Å². The number of halogens is 3. The number of amides is 1. The minimum atomic E-state index is -4.42. The molecule has 0 aromatic heterocycles. The van der Waals surface area contributed by atoms with Crippen molar-refractivity contribution in [3.8, 4) is 0 Å². The van der Waals surface area contributed by atoms with E-state index in [0.717, 1.165) is 25.3 Å². The number of carbonyl (C=O) groups is 1. The van der Waals surface area contributed by atoms with Gasteiger partial charge in [-0.2, -0.15) is 13.2 Å². The van der Waals surface area contributed by atoms with Crippen molar-refractivity contribution in [3.05, 3.63) is 35.4 Å². The predicted octanol–water partition coefficient (Wildman–Crippen LogP) is 3.19. The van der Waals surface area contributed by atoms with Gasteiger partial charge in [-0.1, -0.05) is 18.2 Å². The van der Waals surface area contributed by atoms with Crippen molar-refractivity contribution >= 4 is 5.91 Å². The molecule has 1 aromatic carbocycles. The minimum absolute atomic E-state index is 0.0541. The monoisotopic (exact) mass is 328 g/mol. The van der Waals surface area contributed by atoms with E-state index in [1.54, 1.807) is 11.0 Å². The van der Waals surface area contributed by atoms with Gasteiger partial charge < -0.3 is 9.80 Å². The molecule has 3 nitrogen and oxygen atoms in total. The van der Waals surface area contributed by atoms with Gasteiger partial charge in [-0.25, -0.2) is 0 Å². The Labute approximate surface area is 135 Å². The molecule has 1 aliphatic heterocycles. The number of hydrogen-bond donors (Lipinski definition) is 0. The highest BCUT2D eigenvalue weighted by Gasteiger charge is 2.33. The van der Waals surface area contributed by atoms with Crippen molar-refractivity contribution in [1.29, 1.82) is 0 Å². The molecule has 1 aromatic rings. The Morgan fingerprint density at radius 2 is 1.91 bits per heavy atom. The lowest BCUT2D eigenvalue weighted by molar-refractivity contribution is -0.138. The number of likely N-dealkylation sites (tertiary alicyclic amines) is 1. The highest BCUT2D eigenvalue weighted by Crippen LogP contribution is 2.32. The number of benzene rings is 1. The fourth-order valence-electron chi connectivity index (χ4n) is 3.07. The van der Waals surface area contributed by atoms with Crippen LogP contribution in [-0.2, 0) is 17.4 Å². The SMILES string of the molecule is CN(C)[C@@H]1CCCN(C(=O)Cc2ccccc2C(F)(F)F)CC1. The largest absolute Gasteiger partial charge is 0.416 e. The maximum Gasteiger partial charge on any atom is 0.416 e. The molecule has 0 saturated carbocycles. The van der Waals surface area contributed by atoms with E-state index in [1.165, 1.54) is 12.1 Å². The zero-order chi connectivity index (χ0) is 17.0. The Balaban J connectivity index is 2.05. The van der Waals surface area contributed by atoms with Gasteiger partial charge in [-0.05, 0) is 45.0 Å². The fourth-order valence-corrected chi connectivity index (χ4v) is 3.07. The van der Waals surface area contributed by atoms with Crippen LogP contribution in [-0.4, -0.2) is 48.9 Å². The molecule has 23 heavy (non-hydrogen) atoms. The van der Waals surface area contributed by atoms with Gasteiger partial charge in [0.1, 0.15) is 0 Å². The molecule has 1 saturated heterocycles. The van der Waals surface area contributed by atoms with Crippen LogP contribution in [0.15, 0.2) is 24.3 Å². The van der Waals surface area contributed by atoms with Gasteiger partial charge in [0.25, 0.3) is 0 Å². The first-order valence-corrected chi connectivity index (χ1v) is 7.88. The van der Waals surface area contributed by atoms with Crippen molar-refractivity contribution < 1.29 is 18.0 Å². The summed E-state index contributed by atoms with van der Waals surface area (Å²) in [6.07, 6.45) is -1.86. The lowest BCUT2D eigenvalue weighted by Crippen LogP contribution is -2.35. The van der Waals surface area contributed by atoms with E-state index in [2.05, 4.69) is 4.90 Å². The molecular formula is C17H23F3N2O. The molecule has 0 unspecified atom stereocenters. The van der Waals surface area contributed by atoms with E-state index in [9.17, 15) is 18.0 Å². The average molecular weight is 328 g/mol. The second-order valence-corrected chi connectivity index (χ2v) is 6.26. The van der Waals surface area contributed by atoms with Gasteiger partial charge in [0.05, 0.1) is 12.0 Å². The number of rotatable bonds is 3. The lowest BCUT2D eigenvalue weighted by atomic mass is 10.0. The molecule has 1 atom stereocenters. The maximum absolute atomic E-state index is 13.0. The smallest absolute Gasteiger partial charge is 0.342 e. The molecular weight excluding hydrogens is 305 g/mol. The normalized spacial score (nSPS) is 19.7. The highest BCUT2D eigenvalue weighted by atomic mass is 19.4. The van der Waals surface area contributed by atoms with Gasteiger partial charge in [0.2, 0.25) is 5.91 Å². The standard InChI is InChI=1S/C17H23F3N2O/c1-21(2)14-7-5-10-22(11-9-14)16(23)12-13-6-3-4-8-15(13)17(18,19)20/h3-4,6,8,14H,5,7,9-12H2,1-2H3/t14-/m1/s1. The molecule has 1 heterocycles. The van der Waals surface area contributed by atoms with Crippen molar-refractivity contribution in [2.45, 2.75) is 37.9 Å². The summed E-state index contributed by atoms with van der Waals surface area (Å²) < 4.78 is 39.0. The van der Waals surface area contributed by atoms with Crippen LogP contribution in [0.2, 0.25) is 0 Å².